The molecule has 0 radical (unpaired) electrons. The Morgan fingerprint density at radius 1 is 1.23 bits per heavy atom. The number of phenols is 2. The molecule has 1 aliphatic heterocycles. The van der Waals surface area contributed by atoms with Crippen molar-refractivity contribution < 1.29 is 44.5 Å². The number of aromatic hydroxyl groups is 2. The molecule has 5 atom stereocenters. The Balaban J connectivity index is 2.04. The highest BCUT2D eigenvalue weighted by Gasteiger charge is 2.46. The number of carbonyl (C=O) groups excluding carboxylic acids is 1. The first-order valence-electron chi connectivity index (χ1n) is 8.02. The number of aliphatic hydroxyl groups excluding tert-OH is 3. The van der Waals surface area contributed by atoms with E-state index in [1.165, 1.54) is 24.3 Å². The number of hydrogen-bond donors (Lipinski definition) is 5. The molecule has 9 heteroatoms. The largest absolute Gasteiger partial charge is 0.504 e. The third kappa shape index (κ3) is 4.71. The topological polar surface area (TPSA) is 146 Å². The second-order valence-electron chi connectivity index (χ2n) is 5.65. The summed E-state index contributed by atoms with van der Waals surface area (Å²) in [5, 5.41) is 48.2. The van der Waals surface area contributed by atoms with Gasteiger partial charge in [-0.3, -0.25) is 0 Å². The molecule has 0 aliphatic carbocycles. The van der Waals surface area contributed by atoms with Gasteiger partial charge in [-0.05, 0) is 30.7 Å². The van der Waals surface area contributed by atoms with Gasteiger partial charge in [-0.1, -0.05) is 6.07 Å². The van der Waals surface area contributed by atoms with E-state index < -0.39 is 43.3 Å². The van der Waals surface area contributed by atoms with Crippen molar-refractivity contribution >= 4 is 12.0 Å². The molecule has 144 valence electrons. The van der Waals surface area contributed by atoms with E-state index in [1.54, 1.807) is 6.92 Å². The first kappa shape index (κ1) is 20.1. The average Bonchev–Trinajstić information content (AvgIpc) is 2.62. The summed E-state index contributed by atoms with van der Waals surface area (Å²) in [6.07, 6.45) is -4.10. The summed E-state index contributed by atoms with van der Waals surface area (Å²) in [6.45, 7) is 1.34. The molecule has 5 unspecified atom stereocenters. The molecule has 0 bridgehead atoms. The molecule has 1 aliphatic rings. The van der Waals surface area contributed by atoms with E-state index in [9.17, 15) is 30.3 Å². The van der Waals surface area contributed by atoms with Crippen LogP contribution in [-0.2, 0) is 19.0 Å². The lowest BCUT2D eigenvalue weighted by atomic mass is 9.99. The molecule has 0 aromatic heterocycles. The van der Waals surface area contributed by atoms with E-state index >= 15 is 0 Å². The summed E-state index contributed by atoms with van der Waals surface area (Å²) in [5.74, 6) is -1.50. The van der Waals surface area contributed by atoms with Crippen LogP contribution in [0.2, 0.25) is 0 Å². The van der Waals surface area contributed by atoms with Gasteiger partial charge in [-0.25, -0.2) is 4.79 Å². The lowest BCUT2D eigenvalue weighted by Gasteiger charge is -2.41. The molecule has 26 heavy (non-hydrogen) atoms. The zero-order valence-corrected chi connectivity index (χ0v) is 14.1. The van der Waals surface area contributed by atoms with Gasteiger partial charge >= 0.3 is 5.97 Å². The highest BCUT2D eigenvalue weighted by Crippen LogP contribution is 2.26. The minimum absolute atomic E-state index is 0.221. The van der Waals surface area contributed by atoms with Crippen LogP contribution in [0.15, 0.2) is 24.3 Å². The van der Waals surface area contributed by atoms with Crippen LogP contribution in [-0.4, -0.2) is 75.4 Å². The van der Waals surface area contributed by atoms with E-state index in [1.807, 2.05) is 0 Å². The zero-order valence-electron chi connectivity index (χ0n) is 14.1. The Bertz CT molecular complexity index is 643. The van der Waals surface area contributed by atoms with Crippen LogP contribution in [0.1, 0.15) is 12.5 Å². The first-order valence-corrected chi connectivity index (χ1v) is 8.02. The van der Waals surface area contributed by atoms with Crippen molar-refractivity contribution in [1.29, 1.82) is 0 Å². The van der Waals surface area contributed by atoms with Crippen molar-refractivity contribution in [2.75, 3.05) is 13.2 Å². The fourth-order valence-corrected chi connectivity index (χ4v) is 2.48. The SMILES string of the molecule is CCOC1OC(CO)C(OC(=O)/C=C/c2ccc(O)c(O)c2)C(O)C1O. The van der Waals surface area contributed by atoms with Gasteiger partial charge in [0.25, 0.3) is 0 Å². The lowest BCUT2D eigenvalue weighted by molar-refractivity contribution is -0.301. The Morgan fingerprint density at radius 2 is 1.96 bits per heavy atom. The Kier molecular flexibility index (Phi) is 6.95. The van der Waals surface area contributed by atoms with Gasteiger partial charge in [0.05, 0.1) is 6.61 Å². The van der Waals surface area contributed by atoms with Crippen molar-refractivity contribution in [2.24, 2.45) is 0 Å². The molecule has 0 amide bonds. The molecule has 1 saturated heterocycles. The lowest BCUT2D eigenvalue weighted by Crippen LogP contribution is -2.60. The average molecular weight is 370 g/mol. The molecule has 1 heterocycles. The molecule has 2 rings (SSSR count). The van der Waals surface area contributed by atoms with Crippen LogP contribution in [0.3, 0.4) is 0 Å². The van der Waals surface area contributed by atoms with Crippen LogP contribution in [0, 0.1) is 0 Å². The molecule has 1 aromatic rings. The highest BCUT2D eigenvalue weighted by atomic mass is 16.7. The molecule has 1 fully saturated rings. The van der Waals surface area contributed by atoms with E-state index in [0.717, 1.165) is 6.08 Å². The normalized spacial score (nSPS) is 29.0. The Morgan fingerprint density at radius 3 is 2.58 bits per heavy atom. The minimum Gasteiger partial charge on any atom is -0.504 e. The molecule has 0 spiro atoms. The third-order valence-corrected chi connectivity index (χ3v) is 3.82. The Hall–Kier alpha value is -2.17. The second-order valence-corrected chi connectivity index (χ2v) is 5.65. The fourth-order valence-electron chi connectivity index (χ4n) is 2.48. The number of ether oxygens (including phenoxy) is 3. The molecule has 9 nitrogen and oxygen atoms in total. The summed E-state index contributed by atoms with van der Waals surface area (Å²) in [4.78, 5) is 12.0. The van der Waals surface area contributed by atoms with Crippen LogP contribution in [0.25, 0.3) is 6.08 Å². The maximum Gasteiger partial charge on any atom is 0.331 e. The van der Waals surface area contributed by atoms with Gasteiger partial charge in [0, 0.05) is 12.7 Å². The summed E-state index contributed by atoms with van der Waals surface area (Å²) < 4.78 is 15.5. The second kappa shape index (κ2) is 8.97. The maximum atomic E-state index is 12.0. The summed E-state index contributed by atoms with van der Waals surface area (Å²) in [5.41, 5.74) is 0.424. The minimum atomic E-state index is -1.51. The van der Waals surface area contributed by atoms with Crippen molar-refractivity contribution in [1.82, 2.24) is 0 Å². The van der Waals surface area contributed by atoms with Gasteiger partial charge in [-0.15, -0.1) is 0 Å². The monoisotopic (exact) mass is 370 g/mol. The van der Waals surface area contributed by atoms with Crippen LogP contribution in [0.5, 0.6) is 11.5 Å². The standard InChI is InChI=1S/C17H22O9/c1-2-24-17-15(23)14(22)16(12(8-18)25-17)26-13(21)6-4-9-3-5-10(19)11(20)7-9/h3-7,12,14-20,22-23H,2,8H2,1H3/b6-4+. The number of rotatable bonds is 6. The van der Waals surface area contributed by atoms with E-state index in [0.29, 0.717) is 5.56 Å². The van der Waals surface area contributed by atoms with Crippen molar-refractivity contribution in [2.45, 2.75) is 37.6 Å². The maximum absolute atomic E-state index is 12.0. The number of aliphatic hydroxyl groups is 3. The summed E-state index contributed by atoms with van der Waals surface area (Å²) in [7, 11) is 0. The number of phenolic OH excluding ortho intramolecular Hbond substituents is 2. The number of hydrogen-bond acceptors (Lipinski definition) is 9. The Labute approximate surface area is 149 Å². The first-order chi connectivity index (χ1) is 12.4. The van der Waals surface area contributed by atoms with Gasteiger partial charge in [0.1, 0.15) is 18.3 Å². The number of esters is 1. The summed E-state index contributed by atoms with van der Waals surface area (Å²) >= 11 is 0. The van der Waals surface area contributed by atoms with Gasteiger partial charge in [0.15, 0.2) is 23.9 Å². The molecular formula is C17H22O9. The van der Waals surface area contributed by atoms with E-state index in [2.05, 4.69) is 0 Å². The number of benzene rings is 1. The predicted octanol–water partition coefficient (Wildman–Crippen LogP) is -0.502. The van der Waals surface area contributed by atoms with Gasteiger partial charge in [-0.2, -0.15) is 0 Å². The third-order valence-electron chi connectivity index (χ3n) is 3.82. The smallest absolute Gasteiger partial charge is 0.331 e. The molecule has 5 N–H and O–H groups in total. The van der Waals surface area contributed by atoms with Crippen molar-refractivity contribution in [3.63, 3.8) is 0 Å². The number of carbonyl (C=O) groups is 1. The van der Waals surface area contributed by atoms with Crippen LogP contribution in [0.4, 0.5) is 0 Å². The quantitative estimate of drug-likeness (QED) is 0.254. The van der Waals surface area contributed by atoms with Gasteiger partial charge < -0.3 is 39.7 Å². The van der Waals surface area contributed by atoms with Crippen molar-refractivity contribution in [3.8, 4) is 11.5 Å². The van der Waals surface area contributed by atoms with E-state index in [4.69, 9.17) is 14.2 Å². The van der Waals surface area contributed by atoms with Crippen LogP contribution >= 0.6 is 0 Å². The zero-order chi connectivity index (χ0) is 19.3. The highest BCUT2D eigenvalue weighted by molar-refractivity contribution is 5.87. The van der Waals surface area contributed by atoms with E-state index in [-0.39, 0.29) is 18.1 Å². The molecule has 1 aromatic carbocycles. The fraction of sp³-hybridized carbons (Fsp3) is 0.471. The molecule has 0 saturated carbocycles. The predicted molar refractivity (Wildman–Crippen MR) is 88.1 cm³/mol. The summed E-state index contributed by atoms with van der Waals surface area (Å²) in [6, 6.07) is 3.96. The van der Waals surface area contributed by atoms with Crippen LogP contribution < -0.4 is 0 Å². The molecular weight excluding hydrogens is 348 g/mol. The van der Waals surface area contributed by atoms with Crippen molar-refractivity contribution in [3.05, 3.63) is 29.8 Å². The van der Waals surface area contributed by atoms with Gasteiger partial charge in [0.2, 0.25) is 0 Å².